The molecule has 0 saturated heterocycles. The fourth-order valence-electron chi connectivity index (χ4n) is 2.89. The van der Waals surface area contributed by atoms with E-state index in [1.54, 1.807) is 18.2 Å². The molecule has 0 bridgehead atoms. The standard InChI is InChI=1S/C20H20N2O5/c1-13-4-5-17-14(9-13)10-15(20(26)21-17)11-22(12-16-3-2-8-27-16)18(23)6-7-19(24)25/h2-5,8-10H,6-7,11-12H2,1H3,(H,21,26)(H,24,25). The zero-order valence-corrected chi connectivity index (χ0v) is 14.9. The van der Waals surface area contributed by atoms with Gasteiger partial charge in [-0.05, 0) is 42.6 Å². The highest BCUT2D eigenvalue weighted by molar-refractivity contribution is 5.81. The number of aryl methyl sites for hydroxylation is 1. The van der Waals surface area contributed by atoms with Crippen molar-refractivity contribution in [3.8, 4) is 0 Å². The first kappa shape index (κ1) is 18.4. The molecule has 0 aliphatic heterocycles. The zero-order chi connectivity index (χ0) is 19.4. The molecule has 140 valence electrons. The van der Waals surface area contributed by atoms with Crippen LogP contribution in [-0.2, 0) is 22.7 Å². The number of benzene rings is 1. The first-order valence-corrected chi connectivity index (χ1v) is 8.57. The van der Waals surface area contributed by atoms with E-state index in [2.05, 4.69) is 4.98 Å². The molecule has 2 heterocycles. The highest BCUT2D eigenvalue weighted by atomic mass is 16.4. The third kappa shape index (κ3) is 4.63. The lowest BCUT2D eigenvalue weighted by molar-refractivity contribution is -0.141. The second kappa shape index (κ2) is 7.90. The average molecular weight is 368 g/mol. The molecular weight excluding hydrogens is 348 g/mol. The third-order valence-electron chi connectivity index (χ3n) is 4.27. The topological polar surface area (TPSA) is 104 Å². The van der Waals surface area contributed by atoms with E-state index in [9.17, 15) is 14.4 Å². The summed E-state index contributed by atoms with van der Waals surface area (Å²) in [4.78, 5) is 40.0. The Morgan fingerprint density at radius 2 is 1.96 bits per heavy atom. The van der Waals surface area contributed by atoms with Gasteiger partial charge in [-0.15, -0.1) is 0 Å². The maximum absolute atomic E-state index is 12.5. The maximum atomic E-state index is 12.5. The van der Waals surface area contributed by atoms with Crippen LogP contribution in [0.2, 0.25) is 0 Å². The molecule has 0 atom stereocenters. The number of nitrogens with zero attached hydrogens (tertiary/aromatic N) is 1. The summed E-state index contributed by atoms with van der Waals surface area (Å²) in [5.41, 5.74) is 1.94. The van der Waals surface area contributed by atoms with E-state index in [-0.39, 0.29) is 37.4 Å². The summed E-state index contributed by atoms with van der Waals surface area (Å²) in [6.07, 6.45) is 1.10. The van der Waals surface area contributed by atoms with Crippen molar-refractivity contribution in [3.63, 3.8) is 0 Å². The van der Waals surface area contributed by atoms with Gasteiger partial charge in [0, 0.05) is 17.5 Å². The summed E-state index contributed by atoms with van der Waals surface area (Å²) in [5.74, 6) is -0.829. The molecule has 0 spiro atoms. The number of hydrogen-bond donors (Lipinski definition) is 2. The maximum Gasteiger partial charge on any atom is 0.303 e. The number of carbonyl (C=O) groups excluding carboxylic acids is 1. The fraction of sp³-hybridized carbons (Fsp3) is 0.250. The van der Waals surface area contributed by atoms with Gasteiger partial charge in [0.05, 0.1) is 25.8 Å². The van der Waals surface area contributed by atoms with E-state index in [0.29, 0.717) is 11.3 Å². The number of hydrogen-bond acceptors (Lipinski definition) is 4. The number of carboxylic acid groups (broad SMARTS) is 1. The first-order valence-electron chi connectivity index (χ1n) is 8.57. The van der Waals surface area contributed by atoms with Gasteiger partial charge in [-0.25, -0.2) is 0 Å². The van der Waals surface area contributed by atoms with E-state index in [0.717, 1.165) is 16.5 Å². The summed E-state index contributed by atoms with van der Waals surface area (Å²) in [6, 6.07) is 10.9. The predicted octanol–water partition coefficient (Wildman–Crippen LogP) is 2.82. The number of pyridine rings is 1. The minimum Gasteiger partial charge on any atom is -0.481 e. The highest BCUT2D eigenvalue weighted by Gasteiger charge is 2.18. The Morgan fingerprint density at radius 3 is 2.67 bits per heavy atom. The molecule has 3 rings (SSSR count). The van der Waals surface area contributed by atoms with Gasteiger partial charge in [-0.3, -0.25) is 14.4 Å². The molecule has 0 unspecified atom stereocenters. The van der Waals surface area contributed by atoms with Gasteiger partial charge in [0.15, 0.2) is 0 Å². The molecule has 0 radical (unpaired) electrons. The van der Waals surface area contributed by atoms with Crippen LogP contribution in [0, 0.1) is 6.92 Å². The van der Waals surface area contributed by atoms with Gasteiger partial charge in [0.25, 0.3) is 5.56 Å². The molecule has 0 fully saturated rings. The molecule has 7 nitrogen and oxygen atoms in total. The van der Waals surface area contributed by atoms with E-state index >= 15 is 0 Å². The molecule has 1 amide bonds. The van der Waals surface area contributed by atoms with E-state index in [1.165, 1.54) is 11.2 Å². The lowest BCUT2D eigenvalue weighted by Crippen LogP contribution is -2.32. The number of amides is 1. The summed E-state index contributed by atoms with van der Waals surface area (Å²) in [6.45, 7) is 2.19. The van der Waals surface area contributed by atoms with Crippen molar-refractivity contribution in [2.75, 3.05) is 0 Å². The lowest BCUT2D eigenvalue weighted by atomic mass is 10.1. The van der Waals surface area contributed by atoms with Crippen molar-refractivity contribution in [1.29, 1.82) is 0 Å². The van der Waals surface area contributed by atoms with Crippen LogP contribution in [0.15, 0.2) is 51.9 Å². The Morgan fingerprint density at radius 1 is 1.15 bits per heavy atom. The molecule has 7 heteroatoms. The van der Waals surface area contributed by atoms with E-state index in [4.69, 9.17) is 9.52 Å². The van der Waals surface area contributed by atoms with Gasteiger partial charge >= 0.3 is 5.97 Å². The number of aromatic amines is 1. The van der Waals surface area contributed by atoms with Gasteiger partial charge in [-0.2, -0.15) is 0 Å². The van der Waals surface area contributed by atoms with Crippen LogP contribution < -0.4 is 5.56 Å². The van der Waals surface area contributed by atoms with Gasteiger partial charge in [0.1, 0.15) is 5.76 Å². The van der Waals surface area contributed by atoms with Gasteiger partial charge < -0.3 is 19.4 Å². The van der Waals surface area contributed by atoms with Crippen molar-refractivity contribution in [3.05, 3.63) is 69.9 Å². The summed E-state index contributed by atoms with van der Waals surface area (Å²) in [5, 5.41) is 9.71. The largest absolute Gasteiger partial charge is 0.481 e. The second-order valence-corrected chi connectivity index (χ2v) is 6.44. The monoisotopic (exact) mass is 368 g/mol. The van der Waals surface area contributed by atoms with Crippen LogP contribution >= 0.6 is 0 Å². The van der Waals surface area contributed by atoms with Crippen LogP contribution in [0.3, 0.4) is 0 Å². The lowest BCUT2D eigenvalue weighted by Gasteiger charge is -2.21. The number of H-pyrrole nitrogens is 1. The average Bonchev–Trinajstić information content (AvgIpc) is 3.13. The Hall–Kier alpha value is -3.35. The van der Waals surface area contributed by atoms with Gasteiger partial charge in [-0.1, -0.05) is 11.6 Å². The fourth-order valence-corrected chi connectivity index (χ4v) is 2.89. The van der Waals surface area contributed by atoms with Crippen molar-refractivity contribution in [2.24, 2.45) is 0 Å². The molecule has 2 N–H and O–H groups in total. The van der Waals surface area contributed by atoms with Crippen LogP contribution in [0.4, 0.5) is 0 Å². The van der Waals surface area contributed by atoms with Crippen molar-refractivity contribution >= 4 is 22.8 Å². The Bertz CT molecular complexity index is 1020. The Balaban J connectivity index is 1.89. The normalized spacial score (nSPS) is 10.9. The van der Waals surface area contributed by atoms with Crippen LogP contribution in [-0.4, -0.2) is 26.9 Å². The molecule has 1 aromatic carbocycles. The Kier molecular flexibility index (Phi) is 5.40. The minimum absolute atomic E-state index is 0.0678. The zero-order valence-electron chi connectivity index (χ0n) is 14.9. The number of fused-ring (bicyclic) bond motifs is 1. The molecule has 27 heavy (non-hydrogen) atoms. The summed E-state index contributed by atoms with van der Waals surface area (Å²) < 4.78 is 5.30. The van der Waals surface area contributed by atoms with E-state index < -0.39 is 5.97 Å². The second-order valence-electron chi connectivity index (χ2n) is 6.44. The molecule has 0 aliphatic rings. The summed E-state index contributed by atoms with van der Waals surface area (Å²) >= 11 is 0. The Labute approximate surface area is 155 Å². The number of carboxylic acids is 1. The summed E-state index contributed by atoms with van der Waals surface area (Å²) in [7, 11) is 0. The number of furan rings is 1. The smallest absolute Gasteiger partial charge is 0.303 e. The first-order chi connectivity index (χ1) is 12.9. The van der Waals surface area contributed by atoms with Crippen molar-refractivity contribution in [2.45, 2.75) is 32.9 Å². The predicted molar refractivity (Wildman–Crippen MR) is 99.1 cm³/mol. The highest BCUT2D eigenvalue weighted by Crippen LogP contribution is 2.16. The number of aliphatic carboxylic acids is 1. The number of rotatable bonds is 7. The van der Waals surface area contributed by atoms with Crippen LogP contribution in [0.25, 0.3) is 10.9 Å². The van der Waals surface area contributed by atoms with Crippen molar-refractivity contribution in [1.82, 2.24) is 9.88 Å². The molecule has 2 aromatic heterocycles. The molecule has 3 aromatic rings. The number of nitrogens with one attached hydrogen (secondary N) is 1. The van der Waals surface area contributed by atoms with Crippen molar-refractivity contribution < 1.29 is 19.1 Å². The molecule has 0 saturated carbocycles. The number of aromatic nitrogens is 1. The quantitative estimate of drug-likeness (QED) is 0.667. The van der Waals surface area contributed by atoms with Gasteiger partial charge in [0.2, 0.25) is 5.91 Å². The minimum atomic E-state index is -1.04. The molecular formula is C20H20N2O5. The SMILES string of the molecule is Cc1ccc2[nH]c(=O)c(CN(Cc3ccco3)C(=O)CCC(=O)O)cc2c1. The van der Waals surface area contributed by atoms with Crippen LogP contribution in [0.1, 0.15) is 29.7 Å². The molecule has 0 aliphatic carbocycles. The third-order valence-corrected chi connectivity index (χ3v) is 4.27. The van der Waals surface area contributed by atoms with Crippen LogP contribution in [0.5, 0.6) is 0 Å². The van der Waals surface area contributed by atoms with E-state index in [1.807, 2.05) is 25.1 Å². The number of carbonyl (C=O) groups is 2.